The third-order valence-corrected chi connectivity index (χ3v) is 6.72. The molecular formula is C25H24ClFN2O2. The van der Waals surface area contributed by atoms with E-state index >= 15 is 0 Å². The molecule has 5 rings (SSSR count). The van der Waals surface area contributed by atoms with Crippen molar-refractivity contribution in [1.82, 2.24) is 9.80 Å². The van der Waals surface area contributed by atoms with E-state index in [1.54, 1.807) is 11.0 Å². The minimum absolute atomic E-state index is 0.0252. The number of carbonyl (C=O) groups is 1. The molecule has 1 spiro atoms. The summed E-state index contributed by atoms with van der Waals surface area (Å²) in [6, 6.07) is 19.5. The number of halogens is 2. The Morgan fingerprint density at radius 1 is 1.03 bits per heavy atom. The van der Waals surface area contributed by atoms with Crippen LogP contribution >= 0.6 is 11.6 Å². The average Bonchev–Trinajstić information content (AvgIpc) is 3.17. The molecule has 0 radical (unpaired) electrons. The van der Waals surface area contributed by atoms with Crippen LogP contribution in [0.25, 0.3) is 10.8 Å². The van der Waals surface area contributed by atoms with Crippen molar-refractivity contribution < 1.29 is 13.9 Å². The summed E-state index contributed by atoms with van der Waals surface area (Å²) in [6.45, 7) is 3.36. The summed E-state index contributed by atoms with van der Waals surface area (Å²) < 4.78 is 20.5. The molecule has 0 aromatic heterocycles. The Bertz CT molecular complexity index is 1130. The van der Waals surface area contributed by atoms with Crippen molar-refractivity contribution in [2.75, 3.05) is 26.4 Å². The number of benzene rings is 3. The summed E-state index contributed by atoms with van der Waals surface area (Å²) in [7, 11) is 0. The molecule has 160 valence electrons. The molecule has 4 nitrogen and oxygen atoms in total. The van der Waals surface area contributed by atoms with Crippen LogP contribution in [0.1, 0.15) is 28.8 Å². The first kappa shape index (κ1) is 20.4. The highest BCUT2D eigenvalue weighted by atomic mass is 35.5. The van der Waals surface area contributed by atoms with E-state index in [2.05, 4.69) is 47.4 Å². The Hall–Kier alpha value is -2.47. The number of nitrogens with zero attached hydrogens (tertiary/aromatic N) is 2. The van der Waals surface area contributed by atoms with E-state index < -0.39 is 5.82 Å². The standard InChI is InChI=1S/C25H24ClFN2O2/c26-22-7-3-6-21(23(22)27)24(30)29-12-10-25(11-13-29)16-28(17-31-25)15-18-8-9-19-4-1-2-5-20(19)14-18/h1-9,14H,10-13,15-17H2. The highest BCUT2D eigenvalue weighted by Crippen LogP contribution is 2.34. The molecule has 0 saturated carbocycles. The second kappa shape index (κ2) is 8.23. The van der Waals surface area contributed by atoms with Crippen LogP contribution in [0.3, 0.4) is 0 Å². The molecule has 3 aromatic rings. The largest absolute Gasteiger partial charge is 0.358 e. The molecule has 2 aliphatic heterocycles. The number of carbonyl (C=O) groups excluding carboxylic acids is 1. The van der Waals surface area contributed by atoms with Gasteiger partial charge in [-0.05, 0) is 47.4 Å². The van der Waals surface area contributed by atoms with Gasteiger partial charge in [0.05, 0.1) is 16.2 Å². The normalized spacial score (nSPS) is 18.7. The van der Waals surface area contributed by atoms with Crippen molar-refractivity contribution in [3.8, 4) is 0 Å². The van der Waals surface area contributed by atoms with E-state index in [9.17, 15) is 9.18 Å². The smallest absolute Gasteiger partial charge is 0.256 e. The molecule has 0 atom stereocenters. The van der Waals surface area contributed by atoms with Gasteiger partial charge in [-0.1, -0.05) is 54.1 Å². The van der Waals surface area contributed by atoms with Crippen LogP contribution < -0.4 is 0 Å². The van der Waals surface area contributed by atoms with Gasteiger partial charge in [-0.15, -0.1) is 0 Å². The minimum Gasteiger partial charge on any atom is -0.358 e. The number of ether oxygens (including phenoxy) is 1. The van der Waals surface area contributed by atoms with Crippen molar-refractivity contribution >= 4 is 28.3 Å². The molecule has 2 saturated heterocycles. The van der Waals surface area contributed by atoms with Gasteiger partial charge < -0.3 is 9.64 Å². The summed E-state index contributed by atoms with van der Waals surface area (Å²) in [5.74, 6) is -0.950. The maximum absolute atomic E-state index is 14.2. The molecule has 0 unspecified atom stereocenters. The van der Waals surface area contributed by atoms with Crippen LogP contribution in [0, 0.1) is 5.82 Å². The van der Waals surface area contributed by atoms with Gasteiger partial charge in [0.1, 0.15) is 6.73 Å². The van der Waals surface area contributed by atoms with Gasteiger partial charge in [-0.3, -0.25) is 9.69 Å². The fourth-order valence-corrected chi connectivity index (χ4v) is 4.86. The van der Waals surface area contributed by atoms with Crippen molar-refractivity contribution in [3.63, 3.8) is 0 Å². The highest BCUT2D eigenvalue weighted by Gasteiger charge is 2.42. The lowest BCUT2D eigenvalue weighted by molar-refractivity contribution is -0.0353. The van der Waals surface area contributed by atoms with Crippen molar-refractivity contribution in [1.29, 1.82) is 0 Å². The Labute approximate surface area is 186 Å². The lowest BCUT2D eigenvalue weighted by atomic mass is 9.91. The van der Waals surface area contributed by atoms with Gasteiger partial charge in [0.2, 0.25) is 0 Å². The Morgan fingerprint density at radius 2 is 1.81 bits per heavy atom. The van der Waals surface area contributed by atoms with E-state index in [1.807, 2.05) is 0 Å². The van der Waals surface area contributed by atoms with Crippen molar-refractivity contribution in [2.24, 2.45) is 0 Å². The number of amides is 1. The summed E-state index contributed by atoms with van der Waals surface area (Å²) >= 11 is 5.84. The summed E-state index contributed by atoms with van der Waals surface area (Å²) in [5.41, 5.74) is 1.07. The first-order chi connectivity index (χ1) is 15.0. The summed E-state index contributed by atoms with van der Waals surface area (Å²) in [6.07, 6.45) is 1.49. The maximum atomic E-state index is 14.2. The van der Waals surface area contributed by atoms with Crippen LogP contribution in [0.2, 0.25) is 5.02 Å². The monoisotopic (exact) mass is 438 g/mol. The lowest BCUT2D eigenvalue weighted by Gasteiger charge is -2.38. The Balaban J connectivity index is 1.21. The second-order valence-electron chi connectivity index (χ2n) is 8.52. The first-order valence-corrected chi connectivity index (χ1v) is 11.0. The number of hydrogen-bond donors (Lipinski definition) is 0. The van der Waals surface area contributed by atoms with E-state index in [0.29, 0.717) is 19.8 Å². The van der Waals surface area contributed by atoms with Crippen LogP contribution in [0.5, 0.6) is 0 Å². The quantitative estimate of drug-likeness (QED) is 0.570. The zero-order valence-corrected chi connectivity index (χ0v) is 17.9. The van der Waals surface area contributed by atoms with Crippen LogP contribution in [0.15, 0.2) is 60.7 Å². The maximum Gasteiger partial charge on any atom is 0.256 e. The highest BCUT2D eigenvalue weighted by molar-refractivity contribution is 6.31. The van der Waals surface area contributed by atoms with Crippen LogP contribution in [0.4, 0.5) is 4.39 Å². The summed E-state index contributed by atoms with van der Waals surface area (Å²) in [5, 5.41) is 2.46. The molecule has 6 heteroatoms. The Morgan fingerprint density at radius 3 is 2.61 bits per heavy atom. The fraction of sp³-hybridized carbons (Fsp3) is 0.320. The van der Waals surface area contributed by atoms with Gasteiger partial charge in [0, 0.05) is 26.2 Å². The topological polar surface area (TPSA) is 32.8 Å². The molecular weight excluding hydrogens is 415 g/mol. The number of likely N-dealkylation sites (tertiary alicyclic amines) is 1. The van der Waals surface area contributed by atoms with Crippen molar-refractivity contribution in [2.45, 2.75) is 25.0 Å². The molecule has 2 heterocycles. The fourth-order valence-electron chi connectivity index (χ4n) is 4.68. The number of rotatable bonds is 3. The zero-order valence-electron chi connectivity index (χ0n) is 17.2. The predicted octanol–water partition coefficient (Wildman–Crippen LogP) is 5.10. The molecule has 2 fully saturated rings. The molecule has 0 N–H and O–H groups in total. The van der Waals surface area contributed by atoms with E-state index in [1.165, 1.54) is 28.5 Å². The van der Waals surface area contributed by atoms with E-state index in [-0.39, 0.29) is 22.1 Å². The summed E-state index contributed by atoms with van der Waals surface area (Å²) in [4.78, 5) is 16.8. The first-order valence-electron chi connectivity index (χ1n) is 10.6. The van der Waals surface area contributed by atoms with Gasteiger partial charge in [0.25, 0.3) is 5.91 Å². The van der Waals surface area contributed by atoms with Crippen molar-refractivity contribution in [3.05, 3.63) is 82.6 Å². The third-order valence-electron chi connectivity index (χ3n) is 6.43. The van der Waals surface area contributed by atoms with E-state index in [0.717, 1.165) is 25.9 Å². The number of hydrogen-bond acceptors (Lipinski definition) is 3. The molecule has 3 aromatic carbocycles. The average molecular weight is 439 g/mol. The van der Waals surface area contributed by atoms with Crippen LogP contribution in [-0.2, 0) is 11.3 Å². The van der Waals surface area contributed by atoms with E-state index in [4.69, 9.17) is 16.3 Å². The van der Waals surface area contributed by atoms with Gasteiger partial charge in [-0.2, -0.15) is 0 Å². The predicted molar refractivity (Wildman–Crippen MR) is 120 cm³/mol. The minimum atomic E-state index is -0.645. The third kappa shape index (κ3) is 4.05. The molecule has 2 aliphatic rings. The second-order valence-corrected chi connectivity index (χ2v) is 8.93. The molecule has 0 aliphatic carbocycles. The number of fused-ring (bicyclic) bond motifs is 1. The van der Waals surface area contributed by atoms with Crippen LogP contribution in [-0.4, -0.2) is 47.7 Å². The van der Waals surface area contributed by atoms with Gasteiger partial charge in [0.15, 0.2) is 5.82 Å². The molecule has 0 bridgehead atoms. The number of piperidine rings is 1. The lowest BCUT2D eigenvalue weighted by Crippen LogP contribution is -2.48. The zero-order chi connectivity index (χ0) is 21.4. The molecule has 1 amide bonds. The van der Waals surface area contributed by atoms with Gasteiger partial charge >= 0.3 is 0 Å². The molecule has 31 heavy (non-hydrogen) atoms. The Kier molecular flexibility index (Phi) is 5.42. The SMILES string of the molecule is O=C(c1cccc(Cl)c1F)N1CCC2(CC1)CN(Cc1ccc3ccccc3c1)CO2. The van der Waals surface area contributed by atoms with Gasteiger partial charge in [-0.25, -0.2) is 4.39 Å².